The van der Waals surface area contributed by atoms with Gasteiger partial charge < -0.3 is 5.32 Å². The summed E-state index contributed by atoms with van der Waals surface area (Å²) in [7, 11) is -3.64. The Morgan fingerprint density at radius 1 is 1.09 bits per heavy atom. The Morgan fingerprint density at radius 3 is 2.35 bits per heavy atom. The lowest BCUT2D eigenvalue weighted by atomic mass is 10.3. The van der Waals surface area contributed by atoms with E-state index in [9.17, 15) is 23.3 Å². The third kappa shape index (κ3) is 5.41. The van der Waals surface area contributed by atoms with Gasteiger partial charge in [-0.2, -0.15) is 4.31 Å². The lowest BCUT2D eigenvalue weighted by molar-refractivity contribution is -0.383. The van der Waals surface area contributed by atoms with Gasteiger partial charge in [-0.1, -0.05) is 13.8 Å². The van der Waals surface area contributed by atoms with Crippen molar-refractivity contribution >= 4 is 38.9 Å². The number of nitro groups is 1. The number of hydrazine groups is 1. The molecule has 1 aromatic carbocycles. The molecule has 0 saturated heterocycles. The highest BCUT2D eigenvalue weighted by atomic mass is 32.2. The number of benzene rings is 1. The van der Waals surface area contributed by atoms with E-state index >= 15 is 0 Å². The summed E-state index contributed by atoms with van der Waals surface area (Å²) < 4.78 is 26.6. The van der Waals surface area contributed by atoms with E-state index in [0.29, 0.717) is 18.8 Å². The van der Waals surface area contributed by atoms with Gasteiger partial charge in [0.1, 0.15) is 6.33 Å². The highest BCUT2D eigenvalue weighted by Crippen LogP contribution is 2.31. The largest absolute Gasteiger partial charge is 0.355 e. The number of carbonyl (C=O) groups excluding carboxylic acids is 1. The van der Waals surface area contributed by atoms with Crippen LogP contribution in [-0.2, 0) is 10.0 Å². The van der Waals surface area contributed by atoms with Crippen molar-refractivity contribution in [2.45, 2.75) is 18.7 Å². The molecule has 0 spiro atoms. The van der Waals surface area contributed by atoms with Crippen LogP contribution < -0.4 is 16.2 Å². The Kier molecular flexibility index (Phi) is 7.65. The molecule has 0 aliphatic rings. The summed E-state index contributed by atoms with van der Waals surface area (Å²) in [5.41, 5.74) is 4.84. The second-order valence-electron chi connectivity index (χ2n) is 6.74. The van der Waals surface area contributed by atoms with Crippen LogP contribution >= 0.6 is 0 Å². The topological polar surface area (TPSA) is 172 Å². The van der Waals surface area contributed by atoms with Gasteiger partial charge in [-0.3, -0.25) is 30.7 Å². The van der Waals surface area contributed by atoms with Crippen LogP contribution in [0.1, 0.15) is 24.2 Å². The third-order valence-electron chi connectivity index (χ3n) is 4.68. The summed E-state index contributed by atoms with van der Waals surface area (Å²) in [6.07, 6.45) is 3.92. The highest BCUT2D eigenvalue weighted by molar-refractivity contribution is 7.89. The Balaban J connectivity index is 1.81. The Morgan fingerprint density at radius 2 is 1.76 bits per heavy atom. The van der Waals surface area contributed by atoms with Crippen LogP contribution in [0.4, 0.5) is 23.0 Å². The summed E-state index contributed by atoms with van der Waals surface area (Å²) >= 11 is 0. The zero-order valence-corrected chi connectivity index (χ0v) is 19.1. The predicted molar refractivity (Wildman–Crippen MR) is 124 cm³/mol. The molecule has 3 N–H and O–H groups in total. The van der Waals surface area contributed by atoms with Crippen LogP contribution in [0.15, 0.2) is 60.0 Å². The van der Waals surface area contributed by atoms with Crippen LogP contribution in [-0.4, -0.2) is 51.6 Å². The fraction of sp³-hybridized carbons (Fsp3) is 0.200. The number of anilines is 3. The normalized spacial score (nSPS) is 11.1. The average molecular weight is 487 g/mol. The van der Waals surface area contributed by atoms with Crippen LogP contribution in [0.3, 0.4) is 0 Å². The van der Waals surface area contributed by atoms with E-state index < -0.39 is 26.5 Å². The van der Waals surface area contributed by atoms with Crippen molar-refractivity contribution in [3.05, 3.63) is 70.8 Å². The standard InChI is InChI=1S/C20H22N8O5S/c1-3-27(4-2)34(32,33)16-9-7-15(8-10-16)24-18-17(28(30)31)19(23-13-22-18)25-26-20(29)14-6-5-11-21-12-14/h5-13H,3-4H2,1-2H3,(H,26,29)(H2,22,23,24,25). The number of rotatable bonds is 10. The van der Waals surface area contributed by atoms with Gasteiger partial charge in [-0.05, 0) is 36.4 Å². The maximum atomic E-state index is 12.6. The van der Waals surface area contributed by atoms with Gasteiger partial charge in [0.25, 0.3) is 5.91 Å². The molecule has 0 atom stereocenters. The molecule has 0 fully saturated rings. The molecule has 3 aromatic rings. The Hall–Kier alpha value is -4.17. The zero-order chi connectivity index (χ0) is 24.7. The van der Waals surface area contributed by atoms with Crippen molar-refractivity contribution in [1.82, 2.24) is 24.7 Å². The predicted octanol–water partition coefficient (Wildman–Crippen LogP) is 2.31. The van der Waals surface area contributed by atoms with E-state index in [4.69, 9.17) is 0 Å². The summed E-state index contributed by atoms with van der Waals surface area (Å²) in [6, 6.07) is 8.84. The minimum Gasteiger partial charge on any atom is -0.334 e. The van der Waals surface area contributed by atoms with Crippen LogP contribution in [0.5, 0.6) is 0 Å². The quantitative estimate of drug-likeness (QED) is 0.285. The molecule has 0 aliphatic carbocycles. The molecule has 2 aromatic heterocycles. The molecule has 34 heavy (non-hydrogen) atoms. The van der Waals surface area contributed by atoms with Gasteiger partial charge >= 0.3 is 5.69 Å². The molecule has 0 radical (unpaired) electrons. The second kappa shape index (κ2) is 10.6. The van der Waals surface area contributed by atoms with E-state index in [0.717, 1.165) is 6.33 Å². The summed E-state index contributed by atoms with van der Waals surface area (Å²) in [5.74, 6) is -0.974. The first-order chi connectivity index (χ1) is 16.3. The van der Waals surface area contributed by atoms with Gasteiger partial charge in [-0.25, -0.2) is 18.4 Å². The van der Waals surface area contributed by atoms with Crippen LogP contribution in [0, 0.1) is 10.1 Å². The second-order valence-corrected chi connectivity index (χ2v) is 8.67. The number of hydrogen-bond donors (Lipinski definition) is 3. The molecule has 13 nitrogen and oxygen atoms in total. The van der Waals surface area contributed by atoms with Gasteiger partial charge in [0, 0.05) is 31.2 Å². The van der Waals surface area contributed by atoms with Gasteiger partial charge in [0.05, 0.1) is 15.4 Å². The first kappa shape index (κ1) is 24.5. The molecule has 2 heterocycles. The molecule has 178 valence electrons. The molecule has 14 heteroatoms. The highest BCUT2D eigenvalue weighted by Gasteiger charge is 2.25. The fourth-order valence-electron chi connectivity index (χ4n) is 2.98. The van der Waals surface area contributed by atoms with E-state index in [1.165, 1.54) is 47.0 Å². The fourth-order valence-corrected chi connectivity index (χ4v) is 4.44. The SMILES string of the molecule is CCN(CC)S(=O)(=O)c1ccc(Nc2ncnc(NNC(=O)c3cccnc3)c2[N+](=O)[O-])cc1. The van der Waals surface area contributed by atoms with Crippen molar-refractivity contribution in [3.8, 4) is 0 Å². The van der Waals surface area contributed by atoms with Gasteiger partial charge in [0.15, 0.2) is 0 Å². The Bertz CT molecular complexity index is 1270. The Labute approximate surface area is 195 Å². The molecular weight excluding hydrogens is 464 g/mol. The number of aromatic nitrogens is 3. The molecule has 0 aliphatic heterocycles. The molecule has 1 amide bonds. The summed E-state index contributed by atoms with van der Waals surface area (Å²) in [4.78, 5) is 34.9. The number of sulfonamides is 1. The molecule has 0 unspecified atom stereocenters. The average Bonchev–Trinajstić information content (AvgIpc) is 2.84. The lowest BCUT2D eigenvalue weighted by Gasteiger charge is -2.18. The number of nitrogens with one attached hydrogen (secondary N) is 3. The third-order valence-corrected chi connectivity index (χ3v) is 6.75. The molecule has 3 rings (SSSR count). The minimum absolute atomic E-state index is 0.0967. The van der Waals surface area contributed by atoms with Gasteiger partial charge in [0.2, 0.25) is 21.7 Å². The summed E-state index contributed by atoms with van der Waals surface area (Å²) in [5, 5.41) is 14.5. The molecule has 0 saturated carbocycles. The number of carbonyl (C=O) groups is 1. The van der Waals surface area contributed by atoms with Crippen molar-refractivity contribution in [2.75, 3.05) is 23.8 Å². The first-order valence-corrected chi connectivity index (χ1v) is 11.5. The van der Waals surface area contributed by atoms with E-state index in [1.807, 2.05) is 0 Å². The maximum Gasteiger partial charge on any atom is 0.355 e. The van der Waals surface area contributed by atoms with E-state index in [1.54, 1.807) is 19.9 Å². The zero-order valence-electron chi connectivity index (χ0n) is 18.3. The minimum atomic E-state index is -3.64. The smallest absolute Gasteiger partial charge is 0.334 e. The lowest BCUT2D eigenvalue weighted by Crippen LogP contribution is -2.30. The van der Waals surface area contributed by atoms with Crippen LogP contribution in [0.25, 0.3) is 0 Å². The number of pyridine rings is 1. The number of hydrogen-bond acceptors (Lipinski definition) is 10. The van der Waals surface area contributed by atoms with Gasteiger partial charge in [-0.15, -0.1) is 0 Å². The van der Waals surface area contributed by atoms with Crippen molar-refractivity contribution in [1.29, 1.82) is 0 Å². The monoisotopic (exact) mass is 486 g/mol. The van der Waals surface area contributed by atoms with Crippen molar-refractivity contribution in [3.63, 3.8) is 0 Å². The van der Waals surface area contributed by atoms with Crippen molar-refractivity contribution in [2.24, 2.45) is 0 Å². The number of nitrogens with zero attached hydrogens (tertiary/aromatic N) is 5. The molecule has 0 bridgehead atoms. The first-order valence-electron chi connectivity index (χ1n) is 10.1. The van der Waals surface area contributed by atoms with E-state index in [-0.39, 0.29) is 22.1 Å². The number of amides is 1. The van der Waals surface area contributed by atoms with Crippen LogP contribution in [0.2, 0.25) is 0 Å². The summed E-state index contributed by atoms with van der Waals surface area (Å²) in [6.45, 7) is 4.16. The molecular formula is C20H22N8O5S. The van der Waals surface area contributed by atoms with Crippen molar-refractivity contribution < 1.29 is 18.1 Å². The van der Waals surface area contributed by atoms with E-state index in [2.05, 4.69) is 31.1 Å². The maximum absolute atomic E-state index is 12.6.